The standard InChI is InChI=1S/C18H16BrClN8OS/c1-18(2,3)13-16(27-9-21-8-23-27)30-17(24-13)25-15(29)11-7-12(19)26-28(11)14-10(20)5-4-6-22-14/h4-9H,1-3H3,(H,24,25,29). The minimum absolute atomic E-state index is 0.257. The molecule has 4 rings (SSSR count). The Morgan fingerprint density at radius 2 is 2.13 bits per heavy atom. The maximum absolute atomic E-state index is 13.1. The zero-order valence-electron chi connectivity index (χ0n) is 16.2. The van der Waals surface area contributed by atoms with Gasteiger partial charge in [-0.3, -0.25) is 10.1 Å². The molecule has 9 nitrogen and oxygen atoms in total. The molecule has 4 aromatic rings. The van der Waals surface area contributed by atoms with Crippen LogP contribution in [0.5, 0.6) is 0 Å². The first-order valence-corrected chi connectivity index (χ1v) is 10.8. The first-order chi connectivity index (χ1) is 14.2. The summed E-state index contributed by atoms with van der Waals surface area (Å²) in [6.45, 7) is 6.13. The van der Waals surface area contributed by atoms with Crippen molar-refractivity contribution in [2.45, 2.75) is 26.2 Å². The van der Waals surface area contributed by atoms with Crippen LogP contribution in [0.4, 0.5) is 5.13 Å². The maximum atomic E-state index is 13.1. The van der Waals surface area contributed by atoms with Crippen molar-refractivity contribution in [3.63, 3.8) is 0 Å². The van der Waals surface area contributed by atoms with Crippen molar-refractivity contribution in [3.8, 4) is 10.8 Å². The second-order valence-corrected chi connectivity index (χ2v) is 9.49. The second kappa shape index (κ2) is 7.89. The third-order valence-corrected chi connectivity index (χ3v) is 5.66. The number of hydrogen-bond acceptors (Lipinski definition) is 7. The Labute approximate surface area is 189 Å². The van der Waals surface area contributed by atoms with Gasteiger partial charge in [-0.15, -0.1) is 0 Å². The number of thiazole rings is 1. The zero-order chi connectivity index (χ0) is 21.5. The molecule has 0 saturated heterocycles. The van der Waals surface area contributed by atoms with Gasteiger partial charge in [0.05, 0.1) is 10.7 Å². The fourth-order valence-electron chi connectivity index (χ4n) is 2.69. The van der Waals surface area contributed by atoms with E-state index in [-0.39, 0.29) is 11.1 Å². The van der Waals surface area contributed by atoms with E-state index in [1.165, 1.54) is 22.3 Å². The lowest BCUT2D eigenvalue weighted by atomic mass is 9.92. The number of nitrogens with one attached hydrogen (secondary N) is 1. The van der Waals surface area contributed by atoms with Gasteiger partial charge in [0.2, 0.25) is 0 Å². The van der Waals surface area contributed by atoms with E-state index in [9.17, 15) is 4.79 Å². The number of amides is 1. The number of anilines is 1. The monoisotopic (exact) mass is 506 g/mol. The number of rotatable bonds is 4. The first-order valence-electron chi connectivity index (χ1n) is 8.78. The molecule has 12 heteroatoms. The summed E-state index contributed by atoms with van der Waals surface area (Å²) in [5, 5.41) is 12.9. The molecule has 1 amide bonds. The van der Waals surface area contributed by atoms with E-state index in [2.05, 4.69) is 46.4 Å². The molecule has 4 aromatic heterocycles. The SMILES string of the molecule is CC(C)(C)c1nc(NC(=O)c2cc(Br)nn2-c2ncccc2Cl)sc1-n1cncn1. The molecule has 154 valence electrons. The number of hydrogen-bond donors (Lipinski definition) is 1. The van der Waals surface area contributed by atoms with Crippen molar-refractivity contribution in [2.75, 3.05) is 5.32 Å². The first kappa shape index (κ1) is 20.6. The van der Waals surface area contributed by atoms with E-state index in [4.69, 9.17) is 11.6 Å². The number of nitrogens with zero attached hydrogens (tertiary/aromatic N) is 7. The van der Waals surface area contributed by atoms with Crippen LogP contribution in [0.1, 0.15) is 37.0 Å². The van der Waals surface area contributed by atoms with Crippen LogP contribution in [0.2, 0.25) is 5.02 Å². The lowest BCUT2D eigenvalue weighted by Gasteiger charge is -2.16. The van der Waals surface area contributed by atoms with Crippen LogP contribution in [0.15, 0.2) is 41.7 Å². The van der Waals surface area contributed by atoms with Crippen molar-refractivity contribution >= 4 is 49.9 Å². The fourth-order valence-corrected chi connectivity index (χ4v) is 4.37. The molecule has 0 atom stereocenters. The molecule has 4 heterocycles. The largest absolute Gasteiger partial charge is 0.296 e. The average molecular weight is 508 g/mol. The lowest BCUT2D eigenvalue weighted by Crippen LogP contribution is -2.18. The van der Waals surface area contributed by atoms with Crippen LogP contribution < -0.4 is 5.32 Å². The number of carbonyl (C=O) groups is 1. The summed E-state index contributed by atoms with van der Waals surface area (Å²) in [6, 6.07) is 4.98. The van der Waals surface area contributed by atoms with E-state index in [1.807, 2.05) is 20.8 Å². The van der Waals surface area contributed by atoms with Gasteiger partial charge in [0.25, 0.3) is 5.91 Å². The molecule has 30 heavy (non-hydrogen) atoms. The molecule has 0 aliphatic heterocycles. The van der Waals surface area contributed by atoms with E-state index in [0.29, 0.717) is 20.6 Å². The quantitative estimate of drug-likeness (QED) is 0.442. The Morgan fingerprint density at radius 3 is 2.80 bits per heavy atom. The van der Waals surface area contributed by atoms with Crippen molar-refractivity contribution < 1.29 is 4.79 Å². The van der Waals surface area contributed by atoms with Gasteiger partial charge in [-0.25, -0.2) is 24.3 Å². The predicted molar refractivity (Wildman–Crippen MR) is 118 cm³/mol. The highest BCUT2D eigenvalue weighted by Crippen LogP contribution is 2.34. The van der Waals surface area contributed by atoms with Crippen LogP contribution in [-0.4, -0.2) is 40.4 Å². The van der Waals surface area contributed by atoms with Crippen LogP contribution in [0.3, 0.4) is 0 Å². The molecular formula is C18H16BrClN8OS. The Bertz CT molecular complexity index is 1210. The lowest BCUT2D eigenvalue weighted by molar-refractivity contribution is 0.101. The van der Waals surface area contributed by atoms with E-state index in [1.54, 1.807) is 35.4 Å². The summed E-state index contributed by atoms with van der Waals surface area (Å²) < 4.78 is 3.51. The molecule has 0 bridgehead atoms. The van der Waals surface area contributed by atoms with Crippen LogP contribution in [-0.2, 0) is 5.41 Å². The Kier molecular flexibility index (Phi) is 5.43. The van der Waals surface area contributed by atoms with Crippen molar-refractivity contribution in [3.05, 3.63) is 58.1 Å². The number of halogens is 2. The van der Waals surface area contributed by atoms with Crippen molar-refractivity contribution in [1.29, 1.82) is 0 Å². The fraction of sp³-hybridized carbons (Fsp3) is 0.222. The highest BCUT2D eigenvalue weighted by molar-refractivity contribution is 9.10. The maximum Gasteiger partial charge on any atom is 0.276 e. The summed E-state index contributed by atoms with van der Waals surface area (Å²) in [4.78, 5) is 25.9. The summed E-state index contributed by atoms with van der Waals surface area (Å²) in [5.41, 5.74) is 0.806. The van der Waals surface area contributed by atoms with E-state index in [0.717, 1.165) is 10.7 Å². The van der Waals surface area contributed by atoms with E-state index < -0.39 is 5.91 Å². The Morgan fingerprint density at radius 1 is 1.33 bits per heavy atom. The van der Waals surface area contributed by atoms with Gasteiger partial charge < -0.3 is 0 Å². The highest BCUT2D eigenvalue weighted by Gasteiger charge is 2.26. The van der Waals surface area contributed by atoms with Crippen molar-refractivity contribution in [2.24, 2.45) is 0 Å². The smallest absolute Gasteiger partial charge is 0.276 e. The molecular weight excluding hydrogens is 492 g/mol. The molecule has 1 N–H and O–H groups in total. The number of carbonyl (C=O) groups excluding carboxylic acids is 1. The molecule has 0 aliphatic rings. The molecule has 0 unspecified atom stereocenters. The third kappa shape index (κ3) is 4.00. The van der Waals surface area contributed by atoms with Crippen LogP contribution in [0.25, 0.3) is 10.8 Å². The van der Waals surface area contributed by atoms with Gasteiger partial charge in [0.15, 0.2) is 10.9 Å². The molecule has 0 fully saturated rings. The molecule has 0 aliphatic carbocycles. The topological polar surface area (TPSA) is 103 Å². The predicted octanol–water partition coefficient (Wildman–Crippen LogP) is 4.27. The average Bonchev–Trinajstić information content (AvgIpc) is 3.40. The minimum Gasteiger partial charge on any atom is -0.296 e. The Hall–Kier alpha value is -2.63. The van der Waals surface area contributed by atoms with Gasteiger partial charge in [0.1, 0.15) is 28.0 Å². The van der Waals surface area contributed by atoms with Crippen LogP contribution in [0, 0.1) is 0 Å². The van der Waals surface area contributed by atoms with E-state index >= 15 is 0 Å². The molecule has 0 spiro atoms. The van der Waals surface area contributed by atoms with Gasteiger partial charge in [-0.1, -0.05) is 43.7 Å². The number of aromatic nitrogens is 7. The number of pyridine rings is 1. The molecule has 0 radical (unpaired) electrons. The second-order valence-electron chi connectivity index (χ2n) is 7.29. The minimum atomic E-state index is -0.394. The van der Waals surface area contributed by atoms with Gasteiger partial charge >= 0.3 is 0 Å². The van der Waals surface area contributed by atoms with Gasteiger partial charge in [-0.05, 0) is 28.1 Å². The Balaban J connectivity index is 1.70. The molecule has 0 aromatic carbocycles. The summed E-state index contributed by atoms with van der Waals surface area (Å²) in [6.07, 6.45) is 4.64. The highest BCUT2D eigenvalue weighted by atomic mass is 79.9. The van der Waals surface area contributed by atoms with Crippen molar-refractivity contribution in [1.82, 2.24) is 34.5 Å². The summed E-state index contributed by atoms with van der Waals surface area (Å²) in [7, 11) is 0. The van der Waals surface area contributed by atoms with Crippen LogP contribution >= 0.6 is 38.9 Å². The molecule has 0 saturated carbocycles. The summed E-state index contributed by atoms with van der Waals surface area (Å²) >= 11 is 10.9. The third-order valence-electron chi connectivity index (χ3n) is 4.02. The summed E-state index contributed by atoms with van der Waals surface area (Å²) in [5.74, 6) is -0.0397. The normalized spacial score (nSPS) is 11.6. The van der Waals surface area contributed by atoms with Gasteiger partial charge in [-0.2, -0.15) is 10.2 Å². The van der Waals surface area contributed by atoms with Gasteiger partial charge in [0, 0.05) is 17.7 Å². The zero-order valence-corrected chi connectivity index (χ0v) is 19.3.